The second kappa shape index (κ2) is 9.19. The average Bonchev–Trinajstić information content (AvgIpc) is 2.69. The highest BCUT2D eigenvalue weighted by Gasteiger charge is 2.08. The summed E-state index contributed by atoms with van der Waals surface area (Å²) in [7, 11) is 0. The van der Waals surface area contributed by atoms with Gasteiger partial charge < -0.3 is 16.4 Å². The Morgan fingerprint density at radius 1 is 0.893 bits per heavy atom. The van der Waals surface area contributed by atoms with Gasteiger partial charge in [-0.15, -0.1) is 0 Å². The van der Waals surface area contributed by atoms with E-state index < -0.39 is 0 Å². The van der Waals surface area contributed by atoms with Crippen LogP contribution in [0.5, 0.6) is 0 Å². The van der Waals surface area contributed by atoms with Crippen LogP contribution in [0.4, 0.5) is 17.1 Å². The number of hydrogen-bond acceptors (Lipinski definition) is 3. The lowest BCUT2D eigenvalue weighted by Gasteiger charge is -2.09. The van der Waals surface area contributed by atoms with E-state index in [0.29, 0.717) is 35.5 Å². The zero-order valence-electron chi connectivity index (χ0n) is 15.1. The molecule has 0 saturated carbocycles. The Hall–Kier alpha value is -3.12. The fourth-order valence-electron chi connectivity index (χ4n) is 2.69. The van der Waals surface area contributed by atoms with E-state index in [2.05, 4.69) is 26.6 Å². The van der Waals surface area contributed by atoms with Crippen molar-refractivity contribution in [2.24, 2.45) is 0 Å². The molecule has 142 valence electrons. The van der Waals surface area contributed by atoms with Gasteiger partial charge in [-0.3, -0.25) is 9.59 Å². The molecule has 0 unspecified atom stereocenters. The van der Waals surface area contributed by atoms with Gasteiger partial charge in [-0.25, -0.2) is 0 Å². The number of carbonyl (C=O) groups is 2. The van der Waals surface area contributed by atoms with Crippen LogP contribution in [0.15, 0.2) is 77.3 Å². The third kappa shape index (κ3) is 5.44. The highest BCUT2D eigenvalue weighted by molar-refractivity contribution is 9.10. The van der Waals surface area contributed by atoms with Gasteiger partial charge >= 0.3 is 0 Å². The van der Waals surface area contributed by atoms with Crippen molar-refractivity contribution in [2.75, 3.05) is 16.4 Å². The highest BCUT2D eigenvalue weighted by atomic mass is 79.9. The minimum absolute atomic E-state index is 0.109. The molecule has 0 heterocycles. The van der Waals surface area contributed by atoms with Gasteiger partial charge in [-0.2, -0.15) is 0 Å². The van der Waals surface area contributed by atoms with Crippen LogP contribution in [-0.4, -0.2) is 11.8 Å². The second-order valence-electron chi connectivity index (χ2n) is 6.30. The van der Waals surface area contributed by atoms with Gasteiger partial charge in [0.05, 0.1) is 11.4 Å². The summed E-state index contributed by atoms with van der Waals surface area (Å²) in [4.78, 5) is 24.5. The van der Waals surface area contributed by atoms with E-state index >= 15 is 0 Å². The first-order valence-electron chi connectivity index (χ1n) is 8.81. The molecule has 0 aliphatic heterocycles. The molecule has 0 fully saturated rings. The number of hydrogen-bond donors (Lipinski definition) is 3. The van der Waals surface area contributed by atoms with Crippen molar-refractivity contribution in [2.45, 2.75) is 12.8 Å². The van der Waals surface area contributed by atoms with Crippen LogP contribution in [0, 0.1) is 0 Å². The molecule has 0 atom stereocenters. The van der Waals surface area contributed by atoms with E-state index in [1.165, 1.54) is 0 Å². The van der Waals surface area contributed by atoms with Crippen LogP contribution >= 0.6 is 15.9 Å². The Balaban J connectivity index is 1.57. The number of para-hydroxylation sites is 2. The van der Waals surface area contributed by atoms with E-state index in [9.17, 15) is 9.59 Å². The number of anilines is 3. The van der Waals surface area contributed by atoms with Crippen LogP contribution in [0.2, 0.25) is 0 Å². The smallest absolute Gasteiger partial charge is 0.255 e. The predicted molar refractivity (Wildman–Crippen MR) is 116 cm³/mol. The number of aryl methyl sites for hydroxylation is 1. The summed E-state index contributed by atoms with van der Waals surface area (Å²) in [6.45, 7) is 0. The molecule has 0 spiro atoms. The molecule has 2 amide bonds. The summed E-state index contributed by atoms with van der Waals surface area (Å²) in [6.07, 6.45) is 0.874. The first-order chi connectivity index (χ1) is 13.5. The number of rotatable bonds is 6. The number of nitrogens with two attached hydrogens (primary N) is 1. The summed E-state index contributed by atoms with van der Waals surface area (Å²) in [5.74, 6) is -0.288. The van der Waals surface area contributed by atoms with Crippen LogP contribution in [-0.2, 0) is 11.2 Å². The minimum Gasteiger partial charge on any atom is -0.397 e. The zero-order valence-corrected chi connectivity index (χ0v) is 16.7. The molecule has 3 aromatic carbocycles. The number of nitrogen functional groups attached to an aromatic ring is 1. The van der Waals surface area contributed by atoms with Crippen molar-refractivity contribution in [1.82, 2.24) is 0 Å². The van der Waals surface area contributed by atoms with Crippen molar-refractivity contribution in [1.29, 1.82) is 0 Å². The zero-order chi connectivity index (χ0) is 19.9. The highest BCUT2D eigenvalue weighted by Crippen LogP contribution is 2.18. The molecule has 28 heavy (non-hydrogen) atoms. The maximum atomic E-state index is 12.3. The lowest BCUT2D eigenvalue weighted by atomic mass is 10.1. The van der Waals surface area contributed by atoms with Crippen molar-refractivity contribution in [3.05, 3.63) is 88.4 Å². The van der Waals surface area contributed by atoms with E-state index in [0.717, 1.165) is 10.0 Å². The van der Waals surface area contributed by atoms with Crippen LogP contribution in [0.25, 0.3) is 0 Å². The van der Waals surface area contributed by atoms with Crippen molar-refractivity contribution >= 4 is 44.8 Å². The summed E-state index contributed by atoms with van der Waals surface area (Å²) in [6, 6.07) is 21.8. The average molecular weight is 438 g/mol. The molecule has 0 aliphatic carbocycles. The maximum absolute atomic E-state index is 12.3. The molecular weight excluding hydrogens is 418 g/mol. The fraction of sp³-hybridized carbons (Fsp3) is 0.0909. The molecule has 0 aliphatic rings. The normalized spacial score (nSPS) is 10.3. The van der Waals surface area contributed by atoms with Gasteiger partial charge in [0, 0.05) is 22.1 Å². The number of amides is 2. The van der Waals surface area contributed by atoms with Crippen LogP contribution in [0.1, 0.15) is 22.3 Å². The molecule has 6 heteroatoms. The van der Waals surface area contributed by atoms with Gasteiger partial charge in [0.2, 0.25) is 5.91 Å². The van der Waals surface area contributed by atoms with Crippen molar-refractivity contribution < 1.29 is 9.59 Å². The Labute approximate surface area is 172 Å². The molecule has 0 radical (unpaired) electrons. The number of nitrogens with one attached hydrogen (secondary N) is 2. The monoisotopic (exact) mass is 437 g/mol. The molecule has 3 rings (SSSR count). The first-order valence-corrected chi connectivity index (χ1v) is 9.61. The predicted octanol–water partition coefficient (Wildman–Crippen LogP) is 4.85. The van der Waals surface area contributed by atoms with Crippen LogP contribution < -0.4 is 16.4 Å². The van der Waals surface area contributed by atoms with E-state index in [1.807, 2.05) is 48.5 Å². The van der Waals surface area contributed by atoms with Gasteiger partial charge in [-0.05, 0) is 60.5 Å². The Morgan fingerprint density at radius 3 is 2.39 bits per heavy atom. The number of carbonyl (C=O) groups excluding carboxylic acids is 2. The lowest BCUT2D eigenvalue weighted by molar-refractivity contribution is -0.116. The Morgan fingerprint density at radius 2 is 1.64 bits per heavy atom. The molecule has 0 aromatic heterocycles. The molecule has 3 aromatic rings. The van der Waals surface area contributed by atoms with Crippen molar-refractivity contribution in [3.63, 3.8) is 0 Å². The van der Waals surface area contributed by atoms with Gasteiger partial charge in [0.1, 0.15) is 0 Å². The van der Waals surface area contributed by atoms with Crippen molar-refractivity contribution in [3.8, 4) is 0 Å². The second-order valence-corrected chi connectivity index (χ2v) is 7.21. The van der Waals surface area contributed by atoms with E-state index in [4.69, 9.17) is 5.73 Å². The molecular formula is C22H20BrN3O2. The van der Waals surface area contributed by atoms with Gasteiger partial charge in [-0.1, -0.05) is 40.2 Å². The molecule has 5 nitrogen and oxygen atoms in total. The third-order valence-corrected chi connectivity index (χ3v) is 4.70. The maximum Gasteiger partial charge on any atom is 0.255 e. The van der Waals surface area contributed by atoms with Gasteiger partial charge in [0.25, 0.3) is 5.91 Å². The Kier molecular flexibility index (Phi) is 6.45. The quantitative estimate of drug-likeness (QED) is 0.481. The largest absolute Gasteiger partial charge is 0.397 e. The van der Waals surface area contributed by atoms with E-state index in [1.54, 1.807) is 24.3 Å². The SMILES string of the molecule is Nc1ccccc1NC(=O)CCc1cccc(NC(=O)c2ccc(Br)cc2)c1. The topological polar surface area (TPSA) is 84.2 Å². The molecule has 0 saturated heterocycles. The summed E-state index contributed by atoms with van der Waals surface area (Å²) < 4.78 is 0.918. The third-order valence-electron chi connectivity index (χ3n) is 4.17. The Bertz CT molecular complexity index is 987. The summed E-state index contributed by atoms with van der Waals surface area (Å²) >= 11 is 3.35. The lowest BCUT2D eigenvalue weighted by Crippen LogP contribution is -2.14. The van der Waals surface area contributed by atoms with Gasteiger partial charge in [0.15, 0.2) is 0 Å². The first kappa shape index (κ1) is 19.6. The number of halogens is 1. The fourth-order valence-corrected chi connectivity index (χ4v) is 2.95. The summed E-state index contributed by atoms with van der Waals surface area (Å²) in [5.41, 5.74) is 9.22. The molecule has 4 N–H and O–H groups in total. The van der Waals surface area contributed by atoms with Crippen LogP contribution in [0.3, 0.4) is 0 Å². The number of benzene rings is 3. The molecule has 0 bridgehead atoms. The standard InChI is InChI=1S/C22H20BrN3O2/c23-17-11-9-16(10-12-17)22(28)25-18-5-3-4-15(14-18)8-13-21(27)26-20-7-2-1-6-19(20)24/h1-7,9-12,14H,8,13,24H2,(H,25,28)(H,26,27). The van der Waals surface area contributed by atoms with E-state index in [-0.39, 0.29) is 11.8 Å². The summed E-state index contributed by atoms with van der Waals surface area (Å²) in [5, 5.41) is 5.70. The minimum atomic E-state index is -0.179.